The van der Waals surface area contributed by atoms with E-state index in [0.717, 1.165) is 12.4 Å². The van der Waals surface area contributed by atoms with Crippen LogP contribution in [0.15, 0.2) is 47.1 Å². The normalized spacial score (nSPS) is 21.1. The average Bonchev–Trinajstić information content (AvgIpc) is 2.50. The standard InChI is InChI=1S/2C10H14N2O3/c2*1-10(2)5-8(11)7(9(13)6-10)3-4-12(14)15/h2*3-4H,5-6,11H2,1-2H3/b2*4-3+. The number of ketones is 2. The predicted molar refractivity (Wildman–Crippen MR) is 111 cm³/mol. The lowest BCUT2D eigenvalue weighted by atomic mass is 9.76. The van der Waals surface area contributed by atoms with Crippen molar-refractivity contribution in [3.63, 3.8) is 0 Å². The third-order valence-electron chi connectivity index (χ3n) is 4.63. The third kappa shape index (κ3) is 7.61. The molecule has 164 valence electrons. The van der Waals surface area contributed by atoms with Gasteiger partial charge in [0, 0.05) is 47.5 Å². The molecule has 2 rings (SSSR count). The van der Waals surface area contributed by atoms with E-state index in [1.54, 1.807) is 0 Å². The topological polar surface area (TPSA) is 172 Å². The Bertz CT molecular complexity index is 806. The highest BCUT2D eigenvalue weighted by molar-refractivity contribution is 6.00. The molecule has 0 bridgehead atoms. The summed E-state index contributed by atoms with van der Waals surface area (Å²) in [5, 5.41) is 20.3. The van der Waals surface area contributed by atoms with Crippen LogP contribution in [0.1, 0.15) is 53.4 Å². The molecule has 0 atom stereocenters. The summed E-state index contributed by atoms with van der Waals surface area (Å²) in [6, 6.07) is 0. The molecule has 0 aromatic carbocycles. The number of allylic oxidation sites excluding steroid dienone is 6. The van der Waals surface area contributed by atoms with Crippen LogP contribution in [0, 0.1) is 31.1 Å². The third-order valence-corrected chi connectivity index (χ3v) is 4.63. The largest absolute Gasteiger partial charge is 0.401 e. The van der Waals surface area contributed by atoms with Gasteiger partial charge in [-0.1, -0.05) is 27.7 Å². The van der Waals surface area contributed by atoms with Crippen LogP contribution in [0.4, 0.5) is 0 Å². The molecule has 10 nitrogen and oxygen atoms in total. The molecule has 0 aromatic rings. The summed E-state index contributed by atoms with van der Waals surface area (Å²) in [6.07, 6.45) is 5.82. The van der Waals surface area contributed by atoms with Gasteiger partial charge in [-0.05, 0) is 23.7 Å². The maximum absolute atomic E-state index is 11.6. The van der Waals surface area contributed by atoms with E-state index in [1.165, 1.54) is 12.2 Å². The Kier molecular flexibility index (Phi) is 7.80. The lowest BCUT2D eigenvalue weighted by Gasteiger charge is -2.29. The van der Waals surface area contributed by atoms with Gasteiger partial charge in [0.2, 0.25) is 12.4 Å². The molecular weight excluding hydrogens is 392 g/mol. The van der Waals surface area contributed by atoms with Crippen molar-refractivity contribution >= 4 is 11.6 Å². The van der Waals surface area contributed by atoms with E-state index in [9.17, 15) is 29.8 Å². The zero-order valence-corrected chi connectivity index (χ0v) is 17.6. The zero-order chi connectivity index (χ0) is 23.3. The van der Waals surface area contributed by atoms with Crippen LogP contribution in [0.3, 0.4) is 0 Å². The molecule has 0 radical (unpaired) electrons. The fourth-order valence-electron chi connectivity index (χ4n) is 3.44. The molecule has 0 fully saturated rings. The molecule has 0 unspecified atom stereocenters. The second-order valence-corrected chi connectivity index (χ2v) is 8.96. The predicted octanol–water partition coefficient (Wildman–Crippen LogP) is 2.76. The first-order valence-corrected chi connectivity index (χ1v) is 9.30. The Morgan fingerprint density at radius 3 is 1.27 bits per heavy atom. The van der Waals surface area contributed by atoms with Crippen LogP contribution in [-0.4, -0.2) is 21.4 Å². The Morgan fingerprint density at radius 2 is 1.03 bits per heavy atom. The van der Waals surface area contributed by atoms with E-state index in [4.69, 9.17) is 11.5 Å². The Labute approximate surface area is 174 Å². The maximum atomic E-state index is 11.6. The number of carbonyl (C=O) groups excluding carboxylic acids is 2. The van der Waals surface area contributed by atoms with Crippen LogP contribution in [-0.2, 0) is 9.59 Å². The molecule has 0 saturated carbocycles. The summed E-state index contributed by atoms with van der Waals surface area (Å²) in [6.45, 7) is 7.80. The first kappa shape index (κ1) is 24.7. The number of hydrogen-bond donors (Lipinski definition) is 2. The summed E-state index contributed by atoms with van der Waals surface area (Å²) < 4.78 is 0. The molecule has 0 saturated heterocycles. The van der Waals surface area contributed by atoms with Gasteiger partial charge in [0.1, 0.15) is 0 Å². The highest BCUT2D eigenvalue weighted by Crippen LogP contribution is 2.35. The van der Waals surface area contributed by atoms with Crippen LogP contribution in [0.5, 0.6) is 0 Å². The molecule has 0 amide bonds. The minimum Gasteiger partial charge on any atom is -0.401 e. The maximum Gasteiger partial charge on any atom is 0.235 e. The minimum atomic E-state index is -0.604. The fraction of sp³-hybridized carbons (Fsp3) is 0.500. The van der Waals surface area contributed by atoms with Crippen LogP contribution < -0.4 is 11.5 Å². The van der Waals surface area contributed by atoms with Gasteiger partial charge in [0.05, 0.1) is 9.85 Å². The van der Waals surface area contributed by atoms with Crippen LogP contribution >= 0.6 is 0 Å². The second kappa shape index (κ2) is 9.47. The van der Waals surface area contributed by atoms with E-state index < -0.39 is 9.85 Å². The molecule has 2 aliphatic carbocycles. The number of hydrogen-bond acceptors (Lipinski definition) is 8. The fourth-order valence-corrected chi connectivity index (χ4v) is 3.44. The Hall–Kier alpha value is -3.30. The molecule has 0 spiro atoms. The van der Waals surface area contributed by atoms with Gasteiger partial charge in [-0.2, -0.15) is 0 Å². The van der Waals surface area contributed by atoms with Gasteiger partial charge in [-0.3, -0.25) is 29.8 Å². The lowest BCUT2D eigenvalue weighted by Crippen LogP contribution is -2.28. The van der Waals surface area contributed by atoms with Crippen LogP contribution in [0.2, 0.25) is 0 Å². The van der Waals surface area contributed by atoms with Crippen molar-refractivity contribution in [2.75, 3.05) is 0 Å². The van der Waals surface area contributed by atoms with E-state index in [2.05, 4.69) is 0 Å². The second-order valence-electron chi connectivity index (χ2n) is 8.96. The van der Waals surface area contributed by atoms with Gasteiger partial charge in [-0.15, -0.1) is 0 Å². The highest BCUT2D eigenvalue weighted by Gasteiger charge is 2.31. The summed E-state index contributed by atoms with van der Waals surface area (Å²) in [7, 11) is 0. The number of Topliss-reactive ketones (excluding diaryl/α,β-unsaturated/α-hetero) is 2. The van der Waals surface area contributed by atoms with E-state index in [0.29, 0.717) is 37.1 Å². The monoisotopic (exact) mass is 420 g/mol. The number of nitrogens with zero attached hydrogens (tertiary/aromatic N) is 2. The summed E-state index contributed by atoms with van der Waals surface area (Å²) >= 11 is 0. The minimum absolute atomic E-state index is 0.123. The molecule has 0 aromatic heterocycles. The molecule has 30 heavy (non-hydrogen) atoms. The van der Waals surface area contributed by atoms with Crippen molar-refractivity contribution < 1.29 is 19.4 Å². The number of rotatable bonds is 4. The van der Waals surface area contributed by atoms with Gasteiger partial charge in [-0.25, -0.2) is 0 Å². The van der Waals surface area contributed by atoms with Crippen LogP contribution in [0.25, 0.3) is 0 Å². The first-order chi connectivity index (χ1) is 13.6. The number of nitro groups is 2. The van der Waals surface area contributed by atoms with Gasteiger partial charge in [0.25, 0.3) is 0 Å². The number of carbonyl (C=O) groups is 2. The summed E-state index contributed by atoms with van der Waals surface area (Å²) in [5.41, 5.74) is 12.6. The molecule has 2 aliphatic rings. The van der Waals surface area contributed by atoms with Crippen molar-refractivity contribution in [1.29, 1.82) is 0 Å². The quantitative estimate of drug-likeness (QED) is 0.516. The van der Waals surface area contributed by atoms with Crippen molar-refractivity contribution in [3.05, 3.63) is 67.3 Å². The van der Waals surface area contributed by atoms with Crippen molar-refractivity contribution in [2.24, 2.45) is 22.3 Å². The van der Waals surface area contributed by atoms with Crippen molar-refractivity contribution in [1.82, 2.24) is 0 Å². The molecule has 0 heterocycles. The zero-order valence-electron chi connectivity index (χ0n) is 17.6. The average molecular weight is 420 g/mol. The molecular formula is C20H28N4O6. The number of nitrogens with two attached hydrogens (primary N) is 2. The van der Waals surface area contributed by atoms with E-state index in [-0.39, 0.29) is 33.5 Å². The smallest absolute Gasteiger partial charge is 0.235 e. The summed E-state index contributed by atoms with van der Waals surface area (Å²) in [5.74, 6) is -0.247. The van der Waals surface area contributed by atoms with Crippen molar-refractivity contribution in [3.8, 4) is 0 Å². The highest BCUT2D eigenvalue weighted by atomic mass is 16.6. The Balaban J connectivity index is 0.000000300. The van der Waals surface area contributed by atoms with Gasteiger partial charge < -0.3 is 11.5 Å². The SMILES string of the molecule is CC1(C)CC(=O)C(/C=C/[N+](=O)[O-])=C(N)C1.CC1(C)CC(=O)C(/C=C/[N+](=O)[O-])=C(N)C1. The van der Waals surface area contributed by atoms with Crippen molar-refractivity contribution in [2.45, 2.75) is 53.4 Å². The van der Waals surface area contributed by atoms with Gasteiger partial charge >= 0.3 is 0 Å². The molecule has 4 N–H and O–H groups in total. The van der Waals surface area contributed by atoms with Gasteiger partial charge in [0.15, 0.2) is 11.6 Å². The van der Waals surface area contributed by atoms with E-state index >= 15 is 0 Å². The molecule has 10 heteroatoms. The molecule has 0 aliphatic heterocycles. The first-order valence-electron chi connectivity index (χ1n) is 9.30. The van der Waals surface area contributed by atoms with E-state index in [1.807, 2.05) is 27.7 Å². The Morgan fingerprint density at radius 1 is 0.733 bits per heavy atom. The summed E-state index contributed by atoms with van der Waals surface area (Å²) in [4.78, 5) is 42.3. The lowest BCUT2D eigenvalue weighted by molar-refractivity contribution is -0.402.